The summed E-state index contributed by atoms with van der Waals surface area (Å²) in [7, 11) is -3.63. The van der Waals surface area contributed by atoms with Gasteiger partial charge in [-0.3, -0.25) is 0 Å². The van der Waals surface area contributed by atoms with Crippen molar-refractivity contribution in [3.63, 3.8) is 0 Å². The molecule has 0 aromatic heterocycles. The van der Waals surface area contributed by atoms with E-state index in [1.807, 2.05) is 0 Å². The van der Waals surface area contributed by atoms with Crippen molar-refractivity contribution in [3.8, 4) is 0 Å². The van der Waals surface area contributed by atoms with Crippen LogP contribution in [0.1, 0.15) is 0 Å². The molecule has 34 valence electrons. The van der Waals surface area contributed by atoms with Crippen LogP contribution in [0.25, 0.3) is 0 Å². The Morgan fingerprint density at radius 1 is 1.40 bits per heavy atom. The molecule has 0 amide bonds. The number of rotatable bonds is 0. The first-order chi connectivity index (χ1) is 1.73. The minimum Gasteiger partial charge on any atom is -0.813 e. The molecule has 0 atom stereocenters. The van der Waals surface area contributed by atoms with Gasteiger partial charge in [-0.25, -0.2) is 0 Å². The van der Waals surface area contributed by atoms with Gasteiger partial charge in [-0.15, -0.1) is 0 Å². The molecule has 0 fully saturated rings. The van der Waals surface area contributed by atoms with E-state index in [1.165, 1.54) is 0 Å². The van der Waals surface area contributed by atoms with Crippen molar-refractivity contribution < 1.29 is 34.8 Å². The van der Waals surface area contributed by atoms with E-state index in [-0.39, 0.29) is 20.4 Å². The fourth-order valence-electron chi connectivity index (χ4n) is 0. The summed E-state index contributed by atoms with van der Waals surface area (Å²) in [6.45, 7) is 0. The van der Waals surface area contributed by atoms with Crippen molar-refractivity contribution in [2.24, 2.45) is 0 Å². The minimum atomic E-state index is -3.63. The second-order valence-electron chi connectivity index (χ2n) is 0.250. The molecule has 0 aromatic carbocycles. The molecule has 3 nitrogen and oxygen atoms in total. The van der Waals surface area contributed by atoms with Crippen molar-refractivity contribution in [1.29, 1.82) is 0 Å². The van der Waals surface area contributed by atoms with E-state index in [4.69, 9.17) is 14.4 Å². The van der Waals surface area contributed by atoms with Crippen LogP contribution < -0.4 is 9.79 Å². The molecular formula is HO3PPd. The van der Waals surface area contributed by atoms with Gasteiger partial charge in [0.2, 0.25) is 0 Å². The van der Waals surface area contributed by atoms with E-state index in [1.54, 1.807) is 0 Å². The van der Waals surface area contributed by atoms with Crippen molar-refractivity contribution in [1.82, 2.24) is 0 Å². The van der Waals surface area contributed by atoms with Crippen LogP contribution in [-0.2, 0) is 25.0 Å². The Kier molecular flexibility index (Phi) is 8.91. The monoisotopic (exact) mass is 186 g/mol. The van der Waals surface area contributed by atoms with Crippen LogP contribution >= 0.6 is 8.25 Å². The van der Waals surface area contributed by atoms with Crippen LogP contribution in [0.4, 0.5) is 0 Å². The zero-order chi connectivity index (χ0) is 3.58. The molecule has 5 heavy (non-hydrogen) atoms. The molecule has 0 N–H and O–H groups in total. The van der Waals surface area contributed by atoms with Crippen LogP contribution in [-0.4, -0.2) is 0 Å². The van der Waals surface area contributed by atoms with E-state index in [9.17, 15) is 0 Å². The van der Waals surface area contributed by atoms with Gasteiger partial charge in [0.05, 0.1) is 0 Å². The summed E-state index contributed by atoms with van der Waals surface area (Å²) >= 11 is 0. The zero-order valence-corrected chi connectivity index (χ0v) is 4.60. The van der Waals surface area contributed by atoms with Crippen LogP contribution in [0.5, 0.6) is 0 Å². The summed E-state index contributed by atoms with van der Waals surface area (Å²) in [6, 6.07) is 0. The van der Waals surface area contributed by atoms with Crippen LogP contribution in [0, 0.1) is 0 Å². The Labute approximate surface area is 43.6 Å². The molecule has 0 bridgehead atoms. The summed E-state index contributed by atoms with van der Waals surface area (Å²) in [5.41, 5.74) is 0. The average Bonchev–Trinajstić information content (AvgIpc) is 0.811. The summed E-state index contributed by atoms with van der Waals surface area (Å²) in [5.74, 6) is 0. The molecule has 0 saturated heterocycles. The normalized spacial score (nSPS) is 7.00. The summed E-state index contributed by atoms with van der Waals surface area (Å²) in [4.78, 5) is 17.0. The molecule has 0 aromatic rings. The molecule has 0 radical (unpaired) electrons. The summed E-state index contributed by atoms with van der Waals surface area (Å²) in [6.07, 6.45) is 0. The van der Waals surface area contributed by atoms with Gasteiger partial charge < -0.3 is 14.4 Å². The number of hydrogen-bond donors (Lipinski definition) is 0. The minimum absolute atomic E-state index is 0. The summed E-state index contributed by atoms with van der Waals surface area (Å²) < 4.78 is 8.52. The Hall–Kier alpha value is 0.812. The quantitative estimate of drug-likeness (QED) is 0.328. The fraction of sp³-hybridized carbons (Fsp3) is 0. The van der Waals surface area contributed by atoms with Crippen LogP contribution in [0.2, 0.25) is 0 Å². The Bertz CT molecular complexity index is 29.9. The van der Waals surface area contributed by atoms with E-state index in [0.29, 0.717) is 0 Å². The smallest absolute Gasteiger partial charge is 0.813 e. The van der Waals surface area contributed by atoms with Crippen molar-refractivity contribution in [2.45, 2.75) is 0 Å². The summed E-state index contributed by atoms with van der Waals surface area (Å²) in [5, 5.41) is 0. The fourth-order valence-corrected chi connectivity index (χ4v) is 0. The van der Waals surface area contributed by atoms with Crippen molar-refractivity contribution in [3.05, 3.63) is 0 Å². The van der Waals surface area contributed by atoms with Crippen molar-refractivity contribution in [2.75, 3.05) is 0 Å². The van der Waals surface area contributed by atoms with Gasteiger partial charge in [0.1, 0.15) is 0 Å². The first-order valence-electron chi connectivity index (χ1n) is 0.612. The zero-order valence-electron chi connectivity index (χ0n) is 2.04. The maximum atomic E-state index is 8.52. The third-order valence-corrected chi connectivity index (χ3v) is 0. The van der Waals surface area contributed by atoms with Gasteiger partial charge >= 0.3 is 20.4 Å². The SMILES string of the molecule is O=[PH]([O-])[O-].[Pd+2]. The molecule has 5 heteroatoms. The van der Waals surface area contributed by atoms with E-state index in [2.05, 4.69) is 0 Å². The maximum absolute atomic E-state index is 8.52. The Morgan fingerprint density at radius 2 is 1.40 bits per heavy atom. The third-order valence-electron chi connectivity index (χ3n) is 0. The molecule has 0 saturated carbocycles. The van der Waals surface area contributed by atoms with E-state index in [0.717, 1.165) is 0 Å². The van der Waals surface area contributed by atoms with Gasteiger partial charge in [-0.05, 0) is 0 Å². The van der Waals surface area contributed by atoms with Gasteiger partial charge in [0, 0.05) is 0 Å². The molecule has 0 spiro atoms. The van der Waals surface area contributed by atoms with E-state index < -0.39 is 8.25 Å². The molecule has 0 aliphatic heterocycles. The predicted molar refractivity (Wildman–Crippen MR) is 9.00 cm³/mol. The van der Waals surface area contributed by atoms with Crippen LogP contribution in [0.15, 0.2) is 0 Å². The Morgan fingerprint density at radius 3 is 1.40 bits per heavy atom. The van der Waals surface area contributed by atoms with Crippen molar-refractivity contribution >= 4 is 8.25 Å². The average molecular weight is 186 g/mol. The molecular weight excluding hydrogens is 185 g/mol. The van der Waals surface area contributed by atoms with Gasteiger partial charge in [-0.2, -0.15) is 0 Å². The van der Waals surface area contributed by atoms with Gasteiger partial charge in [-0.1, -0.05) is 8.25 Å². The van der Waals surface area contributed by atoms with Crippen LogP contribution in [0.3, 0.4) is 0 Å². The molecule has 0 heterocycles. The third kappa shape index (κ3) is 57.7. The standard InChI is InChI=1S/H3O3P.Pd/c1-4(2)3;/h4H,(H2,1,2,3);/q;+2/p-2. The molecule has 0 aliphatic carbocycles. The van der Waals surface area contributed by atoms with E-state index >= 15 is 0 Å². The molecule has 0 aliphatic rings. The largest absolute Gasteiger partial charge is 2.00 e. The first kappa shape index (κ1) is 9.26. The number of hydrogen-bond acceptors (Lipinski definition) is 3. The maximum Gasteiger partial charge on any atom is 2.00 e. The second kappa shape index (κ2) is 4.81. The predicted octanol–water partition coefficient (Wildman–Crippen LogP) is -1.91. The topological polar surface area (TPSA) is 63.2 Å². The Balaban J connectivity index is 0. The first-order valence-corrected chi connectivity index (χ1v) is 1.84. The second-order valence-corrected chi connectivity index (χ2v) is 0.750. The molecule has 0 rings (SSSR count). The molecule has 0 unspecified atom stereocenters. The van der Waals surface area contributed by atoms with Gasteiger partial charge in [0.25, 0.3) is 0 Å². The van der Waals surface area contributed by atoms with Gasteiger partial charge in [0.15, 0.2) is 0 Å².